The van der Waals surface area contributed by atoms with Crippen LogP contribution in [0.5, 0.6) is 0 Å². The van der Waals surface area contributed by atoms with Gasteiger partial charge in [-0.3, -0.25) is 4.79 Å². The van der Waals surface area contributed by atoms with Gasteiger partial charge in [0.25, 0.3) is 0 Å². The van der Waals surface area contributed by atoms with Gasteiger partial charge in [0.1, 0.15) is 11.0 Å². The summed E-state index contributed by atoms with van der Waals surface area (Å²) in [6.07, 6.45) is 1.76. The molecule has 142 valence electrons. The first-order chi connectivity index (χ1) is 13.8. The summed E-state index contributed by atoms with van der Waals surface area (Å²) in [4.78, 5) is 17.9. The fourth-order valence-corrected chi connectivity index (χ4v) is 4.78. The van der Waals surface area contributed by atoms with E-state index in [9.17, 15) is 4.79 Å². The number of nitrogens with one attached hydrogen (secondary N) is 1. The van der Waals surface area contributed by atoms with Gasteiger partial charge >= 0.3 is 0 Å². The highest BCUT2D eigenvalue weighted by atomic mass is 32.2. The Kier molecular flexibility index (Phi) is 6.20. The Balaban J connectivity index is 1.33. The third kappa shape index (κ3) is 4.70. The lowest BCUT2D eigenvalue weighted by Gasteiger charge is -2.17. The van der Waals surface area contributed by atoms with E-state index in [0.29, 0.717) is 11.5 Å². The largest absolute Gasteiger partial charge is 0.355 e. The number of amides is 1. The first-order valence-electron chi connectivity index (χ1n) is 8.60. The average molecular weight is 428 g/mol. The minimum atomic E-state index is -0.230. The molecule has 0 aliphatic heterocycles. The number of aromatic nitrogens is 2. The van der Waals surface area contributed by atoms with Crippen LogP contribution in [0.4, 0.5) is 0 Å². The summed E-state index contributed by atoms with van der Waals surface area (Å²) in [6, 6.07) is 15.6. The Hall–Kier alpha value is -2.42. The maximum Gasteiger partial charge on any atom is 0.230 e. The van der Waals surface area contributed by atoms with Crippen molar-refractivity contribution in [2.24, 2.45) is 0 Å². The van der Waals surface area contributed by atoms with E-state index in [4.69, 9.17) is 4.52 Å². The van der Waals surface area contributed by atoms with Gasteiger partial charge in [0.05, 0.1) is 16.3 Å². The molecule has 3 aromatic heterocycles. The normalized spacial score (nSPS) is 12.0. The number of thiazole rings is 1. The van der Waals surface area contributed by atoms with Gasteiger partial charge in [0, 0.05) is 23.4 Å². The quantitative estimate of drug-likeness (QED) is 0.429. The second kappa shape index (κ2) is 9.18. The number of hydrogen-bond acceptors (Lipinski definition) is 7. The van der Waals surface area contributed by atoms with E-state index in [1.54, 1.807) is 17.5 Å². The van der Waals surface area contributed by atoms with Crippen molar-refractivity contribution in [2.45, 2.75) is 11.8 Å². The van der Waals surface area contributed by atoms with Crippen LogP contribution < -0.4 is 5.32 Å². The molecule has 4 rings (SSSR count). The van der Waals surface area contributed by atoms with Crippen LogP contribution in [-0.4, -0.2) is 21.8 Å². The number of thioether (sulfide) groups is 1. The van der Waals surface area contributed by atoms with E-state index in [2.05, 4.69) is 15.5 Å². The molecule has 0 aliphatic rings. The SMILES string of the molecule is O=C(CSCc1cc(-c2cccs2)on1)NC(c1ccccc1)c1nccs1. The van der Waals surface area contributed by atoms with Crippen LogP contribution in [0.25, 0.3) is 10.6 Å². The molecule has 8 heteroatoms. The number of carbonyl (C=O) groups excluding carboxylic acids is 1. The number of carbonyl (C=O) groups is 1. The Morgan fingerprint density at radius 2 is 2.04 bits per heavy atom. The number of rotatable bonds is 8. The number of hydrogen-bond donors (Lipinski definition) is 1. The predicted molar refractivity (Wildman–Crippen MR) is 115 cm³/mol. The third-order valence-corrected chi connectivity index (χ3v) is 6.63. The topological polar surface area (TPSA) is 68.0 Å². The van der Waals surface area contributed by atoms with Gasteiger partial charge < -0.3 is 9.84 Å². The van der Waals surface area contributed by atoms with Crippen LogP contribution in [0.15, 0.2) is 70.0 Å². The fourth-order valence-electron chi connectivity index (χ4n) is 2.68. The van der Waals surface area contributed by atoms with Crippen molar-refractivity contribution in [3.63, 3.8) is 0 Å². The molecular formula is C20H17N3O2S3. The molecule has 1 atom stereocenters. The van der Waals surface area contributed by atoms with Crippen LogP contribution in [0.1, 0.15) is 22.3 Å². The van der Waals surface area contributed by atoms with Crippen molar-refractivity contribution >= 4 is 40.3 Å². The minimum absolute atomic E-state index is 0.0315. The van der Waals surface area contributed by atoms with Gasteiger partial charge in [-0.2, -0.15) is 0 Å². The molecule has 0 aliphatic carbocycles. The van der Waals surface area contributed by atoms with Crippen molar-refractivity contribution < 1.29 is 9.32 Å². The molecule has 4 aromatic rings. The molecule has 0 saturated heterocycles. The molecular weight excluding hydrogens is 410 g/mol. The van der Waals surface area contributed by atoms with Gasteiger partial charge in [0.2, 0.25) is 5.91 Å². The molecule has 1 N–H and O–H groups in total. The summed E-state index contributed by atoms with van der Waals surface area (Å²) < 4.78 is 5.38. The van der Waals surface area contributed by atoms with Gasteiger partial charge in [-0.25, -0.2) is 4.98 Å². The number of nitrogens with zero attached hydrogens (tertiary/aromatic N) is 2. The third-order valence-electron chi connectivity index (χ3n) is 3.94. The molecule has 0 saturated carbocycles. The smallest absolute Gasteiger partial charge is 0.230 e. The standard InChI is InChI=1S/C20H17N3O2S3/c24-18(13-26-12-15-11-16(25-23-15)17-7-4-9-27-17)22-19(20-21-8-10-28-20)14-5-2-1-3-6-14/h1-11,19H,12-13H2,(H,22,24). The lowest BCUT2D eigenvalue weighted by Crippen LogP contribution is -2.30. The highest BCUT2D eigenvalue weighted by molar-refractivity contribution is 7.99. The van der Waals surface area contributed by atoms with Crippen molar-refractivity contribution in [3.05, 3.63) is 81.8 Å². The molecule has 0 fully saturated rings. The first kappa shape index (κ1) is 18.9. The lowest BCUT2D eigenvalue weighted by molar-refractivity contribution is -0.119. The van der Waals surface area contributed by atoms with E-state index in [1.807, 2.05) is 59.3 Å². The summed E-state index contributed by atoms with van der Waals surface area (Å²) in [5, 5.41) is 12.0. The van der Waals surface area contributed by atoms with E-state index in [-0.39, 0.29) is 11.9 Å². The maximum atomic E-state index is 12.5. The van der Waals surface area contributed by atoms with Crippen molar-refractivity contribution in [3.8, 4) is 10.6 Å². The molecule has 1 unspecified atom stereocenters. The zero-order valence-electron chi connectivity index (χ0n) is 14.8. The van der Waals surface area contributed by atoms with E-state index in [1.165, 1.54) is 23.1 Å². The van der Waals surface area contributed by atoms with Crippen LogP contribution in [-0.2, 0) is 10.5 Å². The summed E-state index contributed by atoms with van der Waals surface area (Å²) in [5.41, 5.74) is 1.86. The predicted octanol–water partition coefficient (Wildman–Crippen LogP) is 5.00. The van der Waals surface area contributed by atoms with Gasteiger partial charge in [-0.15, -0.1) is 34.4 Å². The van der Waals surface area contributed by atoms with E-state index < -0.39 is 0 Å². The first-order valence-corrected chi connectivity index (χ1v) is 11.5. The van der Waals surface area contributed by atoms with Crippen LogP contribution in [0.3, 0.4) is 0 Å². The Morgan fingerprint density at radius 3 is 2.79 bits per heavy atom. The molecule has 3 heterocycles. The average Bonchev–Trinajstić information content (AvgIpc) is 3.49. The summed E-state index contributed by atoms with van der Waals surface area (Å²) >= 11 is 4.66. The zero-order valence-corrected chi connectivity index (χ0v) is 17.2. The van der Waals surface area contributed by atoms with Crippen LogP contribution >= 0.6 is 34.4 Å². The Morgan fingerprint density at radius 1 is 1.14 bits per heavy atom. The molecule has 1 aromatic carbocycles. The molecule has 0 spiro atoms. The second-order valence-corrected chi connectivity index (χ2v) is 8.79. The van der Waals surface area contributed by atoms with Gasteiger partial charge in [-0.05, 0) is 17.0 Å². The highest BCUT2D eigenvalue weighted by Crippen LogP contribution is 2.27. The minimum Gasteiger partial charge on any atom is -0.355 e. The molecule has 1 amide bonds. The monoisotopic (exact) mass is 427 g/mol. The van der Waals surface area contributed by atoms with E-state index in [0.717, 1.165) is 26.9 Å². The Bertz CT molecular complexity index is 999. The Labute approximate surface area is 174 Å². The van der Waals surface area contributed by atoms with Crippen LogP contribution in [0.2, 0.25) is 0 Å². The van der Waals surface area contributed by atoms with Crippen LogP contribution in [0, 0.1) is 0 Å². The van der Waals surface area contributed by atoms with Crippen molar-refractivity contribution in [1.29, 1.82) is 0 Å². The van der Waals surface area contributed by atoms with Crippen molar-refractivity contribution in [2.75, 3.05) is 5.75 Å². The number of thiophene rings is 1. The van der Waals surface area contributed by atoms with E-state index >= 15 is 0 Å². The summed E-state index contributed by atoms with van der Waals surface area (Å²) in [5.74, 6) is 1.70. The molecule has 28 heavy (non-hydrogen) atoms. The molecule has 0 radical (unpaired) electrons. The number of benzene rings is 1. The van der Waals surface area contributed by atoms with Gasteiger partial charge in [0.15, 0.2) is 5.76 Å². The van der Waals surface area contributed by atoms with Crippen molar-refractivity contribution in [1.82, 2.24) is 15.5 Å². The summed E-state index contributed by atoms with van der Waals surface area (Å²) in [6.45, 7) is 0. The zero-order chi connectivity index (χ0) is 19.2. The molecule has 0 bridgehead atoms. The lowest BCUT2D eigenvalue weighted by atomic mass is 10.1. The summed E-state index contributed by atoms with van der Waals surface area (Å²) in [7, 11) is 0. The van der Waals surface area contributed by atoms with Gasteiger partial charge in [-0.1, -0.05) is 41.6 Å². The molecule has 5 nitrogen and oxygen atoms in total. The second-order valence-electron chi connectivity index (χ2n) is 5.93. The highest BCUT2D eigenvalue weighted by Gasteiger charge is 2.19. The fraction of sp³-hybridized carbons (Fsp3) is 0.150. The maximum absolute atomic E-state index is 12.5.